The van der Waals surface area contributed by atoms with Crippen LogP contribution in [0.25, 0.3) is 0 Å². The van der Waals surface area contributed by atoms with Gasteiger partial charge in [-0.15, -0.1) is 0 Å². The third-order valence-electron chi connectivity index (χ3n) is 4.77. The number of nitrogens with one attached hydrogen (secondary N) is 1. The molecule has 1 saturated heterocycles. The van der Waals surface area contributed by atoms with E-state index in [4.69, 9.17) is 14.2 Å². The summed E-state index contributed by atoms with van der Waals surface area (Å²) in [6.45, 7) is 0.0374. The van der Waals surface area contributed by atoms with Crippen molar-refractivity contribution in [1.82, 2.24) is 9.62 Å². The van der Waals surface area contributed by atoms with Gasteiger partial charge in [0.2, 0.25) is 15.9 Å². The number of hydrogen-bond acceptors (Lipinski definition) is 6. The zero-order valence-electron chi connectivity index (χ0n) is 16.5. The number of amides is 1. The summed E-state index contributed by atoms with van der Waals surface area (Å²) in [5.41, 5.74) is 0. The monoisotopic (exact) mass is 420 g/mol. The van der Waals surface area contributed by atoms with Crippen molar-refractivity contribution >= 4 is 15.9 Å². The number of ether oxygens (including phenoxy) is 3. The summed E-state index contributed by atoms with van der Waals surface area (Å²) >= 11 is 0. The van der Waals surface area contributed by atoms with E-state index in [1.807, 2.05) is 18.2 Å². The number of benzene rings is 2. The molecule has 0 unspecified atom stereocenters. The summed E-state index contributed by atoms with van der Waals surface area (Å²) in [7, 11) is 0.262. The SMILES string of the molecule is CNC(=O)[C@@H]1C[C@H](Oc2ccccc2)CN1S(=O)(=O)c1cc(OC)ccc1OC. The topological polar surface area (TPSA) is 94.2 Å². The molecule has 29 heavy (non-hydrogen) atoms. The summed E-state index contributed by atoms with van der Waals surface area (Å²) in [6.07, 6.45) is -0.230. The van der Waals surface area contributed by atoms with Gasteiger partial charge in [0.05, 0.1) is 20.8 Å². The molecule has 2 aromatic carbocycles. The second-order valence-electron chi connectivity index (χ2n) is 6.51. The van der Waals surface area contributed by atoms with Crippen molar-refractivity contribution in [3.8, 4) is 17.2 Å². The first-order valence-corrected chi connectivity index (χ1v) is 10.5. The van der Waals surface area contributed by atoms with Crippen molar-refractivity contribution in [3.05, 3.63) is 48.5 Å². The van der Waals surface area contributed by atoms with Crippen LogP contribution in [0.1, 0.15) is 6.42 Å². The van der Waals surface area contributed by atoms with E-state index in [1.54, 1.807) is 18.2 Å². The van der Waals surface area contributed by atoms with Crippen LogP contribution in [0.4, 0.5) is 0 Å². The van der Waals surface area contributed by atoms with Gasteiger partial charge in [0.15, 0.2) is 0 Å². The molecule has 1 aliphatic rings. The smallest absolute Gasteiger partial charge is 0.247 e. The summed E-state index contributed by atoms with van der Waals surface area (Å²) in [4.78, 5) is 12.4. The highest BCUT2D eigenvalue weighted by Gasteiger charge is 2.45. The van der Waals surface area contributed by atoms with Crippen LogP contribution in [0.15, 0.2) is 53.4 Å². The van der Waals surface area contributed by atoms with E-state index in [1.165, 1.54) is 33.4 Å². The largest absolute Gasteiger partial charge is 0.497 e. The summed E-state index contributed by atoms with van der Waals surface area (Å²) in [6, 6.07) is 12.7. The Morgan fingerprint density at radius 3 is 2.41 bits per heavy atom. The Kier molecular flexibility index (Phi) is 6.29. The first kappa shape index (κ1) is 20.9. The van der Waals surface area contributed by atoms with Gasteiger partial charge < -0.3 is 19.5 Å². The lowest BCUT2D eigenvalue weighted by molar-refractivity contribution is -0.123. The van der Waals surface area contributed by atoms with Gasteiger partial charge in [0, 0.05) is 19.5 Å². The van der Waals surface area contributed by atoms with Crippen molar-refractivity contribution in [1.29, 1.82) is 0 Å². The standard InChI is InChI=1S/C20H24N2O6S/c1-21-20(23)17-11-16(28-14-7-5-4-6-8-14)13-22(17)29(24,25)19-12-15(26-2)9-10-18(19)27-3/h4-10,12,16-17H,11,13H2,1-3H3,(H,21,23)/t16-,17-/m0/s1. The number of carbonyl (C=O) groups excluding carboxylic acids is 1. The molecule has 8 nitrogen and oxygen atoms in total. The number of para-hydroxylation sites is 1. The molecular formula is C20H24N2O6S. The quantitative estimate of drug-likeness (QED) is 0.732. The molecule has 0 bridgehead atoms. The molecular weight excluding hydrogens is 396 g/mol. The van der Waals surface area contributed by atoms with E-state index in [0.717, 1.165) is 4.31 Å². The van der Waals surface area contributed by atoms with Crippen molar-refractivity contribution in [2.24, 2.45) is 0 Å². The Morgan fingerprint density at radius 2 is 1.79 bits per heavy atom. The zero-order valence-corrected chi connectivity index (χ0v) is 17.3. The van der Waals surface area contributed by atoms with Gasteiger partial charge in [-0.25, -0.2) is 8.42 Å². The van der Waals surface area contributed by atoms with Crippen LogP contribution in [-0.2, 0) is 14.8 Å². The zero-order chi connectivity index (χ0) is 21.0. The predicted octanol–water partition coefficient (Wildman–Crippen LogP) is 1.66. The van der Waals surface area contributed by atoms with Gasteiger partial charge in [0.1, 0.15) is 34.3 Å². The molecule has 0 aromatic heterocycles. The molecule has 0 saturated carbocycles. The van der Waals surface area contributed by atoms with Crippen LogP contribution in [0, 0.1) is 0 Å². The van der Waals surface area contributed by atoms with Crippen LogP contribution in [0.2, 0.25) is 0 Å². The molecule has 0 radical (unpaired) electrons. The average Bonchev–Trinajstić information content (AvgIpc) is 3.18. The van der Waals surface area contributed by atoms with E-state index in [9.17, 15) is 13.2 Å². The maximum Gasteiger partial charge on any atom is 0.247 e. The molecule has 1 amide bonds. The van der Waals surface area contributed by atoms with Gasteiger partial charge in [-0.2, -0.15) is 4.31 Å². The third kappa shape index (κ3) is 4.30. The molecule has 9 heteroatoms. The van der Waals surface area contributed by atoms with Gasteiger partial charge in [-0.05, 0) is 24.3 Å². The molecule has 2 atom stereocenters. The normalized spacial score (nSPS) is 19.6. The lowest BCUT2D eigenvalue weighted by Crippen LogP contribution is -2.44. The molecule has 156 valence electrons. The Bertz CT molecular complexity index is 964. The molecule has 1 N–H and O–H groups in total. The van der Waals surface area contributed by atoms with E-state index in [0.29, 0.717) is 11.5 Å². The van der Waals surface area contributed by atoms with E-state index in [2.05, 4.69) is 5.32 Å². The minimum atomic E-state index is -4.06. The predicted molar refractivity (Wildman–Crippen MR) is 107 cm³/mol. The van der Waals surface area contributed by atoms with Crippen molar-refractivity contribution < 1.29 is 27.4 Å². The van der Waals surface area contributed by atoms with Gasteiger partial charge in [0.25, 0.3) is 0 Å². The number of methoxy groups -OCH3 is 2. The number of sulfonamides is 1. The van der Waals surface area contributed by atoms with Crippen LogP contribution in [0.3, 0.4) is 0 Å². The number of likely N-dealkylation sites (N-methyl/N-ethyl adjacent to an activating group) is 1. The number of carbonyl (C=O) groups is 1. The number of hydrogen-bond donors (Lipinski definition) is 1. The summed E-state index contributed by atoms with van der Waals surface area (Å²) in [5.74, 6) is 0.770. The molecule has 3 rings (SSSR count). The van der Waals surface area contributed by atoms with Gasteiger partial charge in [-0.1, -0.05) is 18.2 Å². The van der Waals surface area contributed by atoms with Crippen molar-refractivity contribution in [2.45, 2.75) is 23.5 Å². The van der Waals surface area contributed by atoms with Gasteiger partial charge in [-0.3, -0.25) is 4.79 Å². The van der Waals surface area contributed by atoms with Crippen LogP contribution in [-0.4, -0.2) is 58.6 Å². The second-order valence-corrected chi connectivity index (χ2v) is 8.37. The number of rotatable bonds is 7. The fourth-order valence-corrected chi connectivity index (χ4v) is 5.13. The molecule has 0 aliphatic carbocycles. The molecule has 1 heterocycles. The fraction of sp³-hybridized carbons (Fsp3) is 0.350. The van der Waals surface area contributed by atoms with Crippen molar-refractivity contribution in [3.63, 3.8) is 0 Å². The van der Waals surface area contributed by atoms with Crippen LogP contribution in [0.5, 0.6) is 17.2 Å². The molecule has 1 fully saturated rings. The Balaban J connectivity index is 1.96. The highest BCUT2D eigenvalue weighted by molar-refractivity contribution is 7.89. The summed E-state index contributed by atoms with van der Waals surface area (Å²) < 4.78 is 44.4. The molecule has 0 spiro atoms. The minimum absolute atomic E-state index is 0.0374. The first-order valence-electron chi connectivity index (χ1n) is 9.08. The van der Waals surface area contributed by atoms with E-state index in [-0.39, 0.29) is 23.6 Å². The average molecular weight is 420 g/mol. The second kappa shape index (κ2) is 8.71. The Hall–Kier alpha value is -2.78. The maximum atomic E-state index is 13.5. The van der Waals surface area contributed by atoms with Crippen LogP contribution < -0.4 is 19.5 Å². The fourth-order valence-electron chi connectivity index (χ4n) is 3.33. The highest BCUT2D eigenvalue weighted by Crippen LogP contribution is 2.35. The van der Waals surface area contributed by atoms with Gasteiger partial charge >= 0.3 is 0 Å². The highest BCUT2D eigenvalue weighted by atomic mass is 32.2. The minimum Gasteiger partial charge on any atom is -0.497 e. The summed E-state index contributed by atoms with van der Waals surface area (Å²) in [5, 5.41) is 2.54. The van der Waals surface area contributed by atoms with Crippen molar-refractivity contribution in [2.75, 3.05) is 27.8 Å². The molecule has 2 aromatic rings. The molecule has 1 aliphatic heterocycles. The lowest BCUT2D eigenvalue weighted by atomic mass is 10.2. The third-order valence-corrected chi connectivity index (χ3v) is 6.67. The van der Waals surface area contributed by atoms with Crippen LogP contribution >= 0.6 is 0 Å². The number of nitrogens with zero attached hydrogens (tertiary/aromatic N) is 1. The maximum absolute atomic E-state index is 13.5. The Labute approximate surface area is 170 Å². The lowest BCUT2D eigenvalue weighted by Gasteiger charge is -2.23. The van der Waals surface area contributed by atoms with E-state index >= 15 is 0 Å². The Morgan fingerprint density at radius 1 is 1.07 bits per heavy atom. The van der Waals surface area contributed by atoms with E-state index < -0.39 is 28.1 Å². The first-order chi connectivity index (χ1) is 13.9.